The summed E-state index contributed by atoms with van der Waals surface area (Å²) in [5.74, 6) is -0.0603. The van der Waals surface area contributed by atoms with E-state index < -0.39 is 5.60 Å². The van der Waals surface area contributed by atoms with E-state index in [1.54, 1.807) is 13.4 Å². The number of piperazine rings is 1. The van der Waals surface area contributed by atoms with E-state index in [2.05, 4.69) is 28.8 Å². The van der Waals surface area contributed by atoms with Gasteiger partial charge in [0.2, 0.25) is 0 Å². The van der Waals surface area contributed by atoms with Gasteiger partial charge in [-0.25, -0.2) is 4.98 Å². The Morgan fingerprint density at radius 3 is 2.90 bits per heavy atom. The minimum Gasteiger partial charge on any atom is -0.385 e. The fourth-order valence-corrected chi connectivity index (χ4v) is 6.74. The average Bonchev–Trinajstić information content (AvgIpc) is 3.65. The van der Waals surface area contributed by atoms with Crippen LogP contribution >= 0.6 is 0 Å². The molecule has 3 heterocycles. The lowest BCUT2D eigenvalue weighted by Gasteiger charge is -2.41. The molecule has 1 saturated carbocycles. The third-order valence-corrected chi connectivity index (χ3v) is 8.87. The molecular formula is C32H41N5O4. The Labute approximate surface area is 241 Å². The van der Waals surface area contributed by atoms with Crippen molar-refractivity contribution >= 4 is 11.6 Å². The zero-order chi connectivity index (χ0) is 28.2. The number of hydrogen-bond donors (Lipinski definition) is 3. The normalized spacial score (nSPS) is 24.3. The number of nitrogens with zero attached hydrogens (tertiary/aromatic N) is 3. The van der Waals surface area contributed by atoms with Gasteiger partial charge in [0.05, 0.1) is 37.9 Å². The molecule has 218 valence electrons. The molecule has 9 nitrogen and oxygen atoms in total. The van der Waals surface area contributed by atoms with Crippen LogP contribution in [-0.2, 0) is 22.7 Å². The second-order valence-electron chi connectivity index (χ2n) is 11.6. The second kappa shape index (κ2) is 12.3. The largest absolute Gasteiger partial charge is 0.385 e. The van der Waals surface area contributed by atoms with Crippen LogP contribution in [0.3, 0.4) is 0 Å². The summed E-state index contributed by atoms with van der Waals surface area (Å²) in [6.07, 6.45) is 5.99. The van der Waals surface area contributed by atoms with Gasteiger partial charge in [0.15, 0.2) is 5.69 Å². The molecular weight excluding hydrogens is 518 g/mol. The highest BCUT2D eigenvalue weighted by Gasteiger charge is 2.42. The molecule has 3 N–H and O–H groups in total. The minimum atomic E-state index is -1.01. The van der Waals surface area contributed by atoms with Crippen LogP contribution in [0.25, 0.3) is 11.3 Å². The first-order chi connectivity index (χ1) is 20.1. The summed E-state index contributed by atoms with van der Waals surface area (Å²) in [6.45, 7) is 4.46. The van der Waals surface area contributed by atoms with Crippen molar-refractivity contribution in [1.82, 2.24) is 19.8 Å². The molecule has 6 rings (SSSR count). The number of aromatic nitrogens is 2. The number of hydrogen-bond acceptors (Lipinski definition) is 7. The van der Waals surface area contributed by atoms with Gasteiger partial charge in [-0.15, -0.1) is 0 Å². The maximum Gasteiger partial charge on any atom is 0.275 e. The number of amides is 1. The molecule has 9 heteroatoms. The molecule has 0 radical (unpaired) electrons. The summed E-state index contributed by atoms with van der Waals surface area (Å²) in [6, 6.07) is 16.2. The lowest BCUT2D eigenvalue weighted by atomic mass is 9.80. The van der Waals surface area contributed by atoms with Crippen LogP contribution < -0.4 is 10.6 Å². The highest BCUT2D eigenvalue weighted by atomic mass is 16.5. The van der Waals surface area contributed by atoms with Crippen LogP contribution in [0.1, 0.15) is 59.8 Å². The van der Waals surface area contributed by atoms with Gasteiger partial charge in [-0.1, -0.05) is 49.2 Å². The maximum atomic E-state index is 14.2. The summed E-state index contributed by atoms with van der Waals surface area (Å²) in [5.41, 5.74) is 4.71. The van der Waals surface area contributed by atoms with Gasteiger partial charge in [0.1, 0.15) is 5.60 Å². The lowest BCUT2D eigenvalue weighted by molar-refractivity contribution is -0.0893. The van der Waals surface area contributed by atoms with Crippen molar-refractivity contribution in [3.63, 3.8) is 0 Å². The van der Waals surface area contributed by atoms with Gasteiger partial charge in [-0.05, 0) is 42.5 Å². The van der Waals surface area contributed by atoms with Crippen molar-refractivity contribution < 1.29 is 19.4 Å². The Kier molecular flexibility index (Phi) is 8.39. The molecule has 41 heavy (non-hydrogen) atoms. The summed E-state index contributed by atoms with van der Waals surface area (Å²) in [4.78, 5) is 21.0. The second-order valence-corrected chi connectivity index (χ2v) is 11.6. The minimum absolute atomic E-state index is 0.0374. The maximum absolute atomic E-state index is 14.2. The first-order valence-corrected chi connectivity index (χ1v) is 14.9. The first kappa shape index (κ1) is 27.9. The summed E-state index contributed by atoms with van der Waals surface area (Å²) < 4.78 is 13.0. The van der Waals surface area contributed by atoms with Crippen LogP contribution in [-0.4, -0.2) is 77.0 Å². The van der Waals surface area contributed by atoms with Crippen LogP contribution in [0.2, 0.25) is 0 Å². The number of ether oxygens (including phenoxy) is 2. The average molecular weight is 560 g/mol. The number of carbonyl (C=O) groups is 1. The zero-order valence-corrected chi connectivity index (χ0v) is 23.8. The van der Waals surface area contributed by atoms with Gasteiger partial charge < -0.3 is 34.7 Å². The van der Waals surface area contributed by atoms with E-state index in [4.69, 9.17) is 14.5 Å². The predicted molar refractivity (Wildman–Crippen MR) is 158 cm³/mol. The number of anilines is 1. The van der Waals surface area contributed by atoms with Gasteiger partial charge in [-0.2, -0.15) is 0 Å². The van der Waals surface area contributed by atoms with Crippen LogP contribution in [0.15, 0.2) is 54.9 Å². The molecule has 3 aromatic rings. The molecule has 0 spiro atoms. The van der Waals surface area contributed by atoms with Crippen LogP contribution in [0.4, 0.5) is 5.69 Å². The molecule has 1 amide bonds. The summed E-state index contributed by atoms with van der Waals surface area (Å²) in [7, 11) is 1.63. The van der Waals surface area contributed by atoms with Gasteiger partial charge in [0, 0.05) is 50.6 Å². The van der Waals surface area contributed by atoms with Crippen LogP contribution in [0.5, 0.6) is 0 Å². The van der Waals surface area contributed by atoms with Gasteiger partial charge in [0.25, 0.3) is 5.91 Å². The van der Waals surface area contributed by atoms with E-state index in [-0.39, 0.29) is 24.6 Å². The Bertz CT molecular complexity index is 1340. The third-order valence-electron chi connectivity index (χ3n) is 8.87. The van der Waals surface area contributed by atoms with Crippen molar-refractivity contribution in [2.24, 2.45) is 0 Å². The van der Waals surface area contributed by atoms with Gasteiger partial charge >= 0.3 is 0 Å². The molecule has 3 atom stereocenters. The summed E-state index contributed by atoms with van der Waals surface area (Å²) in [5, 5.41) is 18.7. The molecule has 1 saturated heterocycles. The summed E-state index contributed by atoms with van der Waals surface area (Å²) >= 11 is 0. The topological polar surface area (TPSA) is 101 Å². The number of imidazole rings is 1. The fraction of sp³-hybridized carbons (Fsp3) is 0.500. The van der Waals surface area contributed by atoms with Crippen molar-refractivity contribution in [1.29, 1.82) is 0 Å². The zero-order valence-electron chi connectivity index (χ0n) is 23.8. The first-order valence-electron chi connectivity index (χ1n) is 14.9. The van der Waals surface area contributed by atoms with E-state index in [1.807, 2.05) is 39.8 Å². The number of aliphatic hydroxyl groups is 1. The highest BCUT2D eigenvalue weighted by molar-refractivity contribution is 5.98. The lowest BCUT2D eigenvalue weighted by Crippen LogP contribution is -2.54. The van der Waals surface area contributed by atoms with Crippen LogP contribution in [0, 0.1) is 0 Å². The van der Waals surface area contributed by atoms with Crippen molar-refractivity contribution in [2.75, 3.05) is 45.2 Å². The standard InChI is InChI=1S/C32H41N5O4/c1-40-21-32(39)13-6-5-9-28(32)37-22-35-29(30(37)23-7-3-2-4-8-23)31(38)36-16-15-33-18-27(36)12-14-34-26-11-10-24-19-41-20-25(24)17-26/h2-4,7-8,10-11,17,22,27-28,33-34,39H,5-6,9,12-16,18-21H2,1H3/t27-,28-,32-/m1/s1. The quantitative estimate of drug-likeness (QED) is 0.365. The van der Waals surface area contributed by atoms with Crippen molar-refractivity contribution in [3.8, 4) is 11.3 Å². The number of fused-ring (bicyclic) bond motifs is 1. The molecule has 2 aromatic carbocycles. The van der Waals surface area contributed by atoms with E-state index in [9.17, 15) is 9.90 Å². The highest BCUT2D eigenvalue weighted by Crippen LogP contribution is 2.41. The number of methoxy groups -OCH3 is 1. The number of benzene rings is 2. The molecule has 2 fully saturated rings. The van der Waals surface area contributed by atoms with E-state index in [0.29, 0.717) is 31.9 Å². The molecule has 0 bridgehead atoms. The third kappa shape index (κ3) is 5.77. The number of nitrogens with one attached hydrogen (secondary N) is 2. The predicted octanol–water partition coefficient (Wildman–Crippen LogP) is 3.99. The van der Waals surface area contributed by atoms with E-state index >= 15 is 0 Å². The Balaban J connectivity index is 1.24. The van der Waals surface area contributed by atoms with E-state index in [1.165, 1.54) is 11.1 Å². The molecule has 0 unspecified atom stereocenters. The Hall–Kier alpha value is -3.24. The smallest absolute Gasteiger partial charge is 0.275 e. The van der Waals surface area contributed by atoms with Gasteiger partial charge in [-0.3, -0.25) is 4.79 Å². The van der Waals surface area contributed by atoms with Crippen molar-refractivity contribution in [3.05, 3.63) is 71.7 Å². The molecule has 1 aliphatic carbocycles. The monoisotopic (exact) mass is 559 g/mol. The van der Waals surface area contributed by atoms with Crippen molar-refractivity contribution in [2.45, 2.75) is 63.0 Å². The molecule has 2 aliphatic heterocycles. The SMILES string of the molecule is COC[C@]1(O)CCCC[C@H]1n1cnc(C(=O)N2CCNC[C@H]2CCNc2ccc3c(c2)COC3)c1-c1ccccc1. The Morgan fingerprint density at radius 1 is 1.20 bits per heavy atom. The molecule has 1 aromatic heterocycles. The fourth-order valence-electron chi connectivity index (χ4n) is 6.74. The Morgan fingerprint density at radius 2 is 2.05 bits per heavy atom. The molecule has 3 aliphatic rings. The van der Waals surface area contributed by atoms with E-state index in [0.717, 1.165) is 62.3 Å². The number of rotatable bonds is 9. The number of carbonyl (C=O) groups excluding carboxylic acids is 1.